The highest BCUT2D eigenvalue weighted by Crippen LogP contribution is 2.41. The molecule has 1 N–H and O–H groups in total. The number of carbonyl (C=O) groups is 1. The Kier molecular flexibility index (Phi) is 5.78. The zero-order chi connectivity index (χ0) is 19.5. The van der Waals surface area contributed by atoms with E-state index in [1.54, 1.807) is 7.11 Å². The molecule has 2 amide bonds. The molecule has 3 fully saturated rings. The summed E-state index contributed by atoms with van der Waals surface area (Å²) in [6.07, 6.45) is 6.55. The van der Waals surface area contributed by atoms with Gasteiger partial charge in [-0.2, -0.15) is 0 Å². The summed E-state index contributed by atoms with van der Waals surface area (Å²) in [6.45, 7) is 3.88. The van der Waals surface area contributed by atoms with Crippen molar-refractivity contribution >= 4 is 6.03 Å². The van der Waals surface area contributed by atoms with E-state index in [0.29, 0.717) is 32.8 Å². The monoisotopic (exact) mass is 388 g/mol. The minimum absolute atomic E-state index is 0.00211. The largest absolute Gasteiger partial charge is 0.497 e. The molecular weight excluding hydrogens is 356 g/mol. The first kappa shape index (κ1) is 19.5. The number of nitrogens with one attached hydrogen (secondary N) is 1. The number of hydrogen-bond donors (Lipinski definition) is 1. The predicted molar refractivity (Wildman–Crippen MR) is 107 cm³/mol. The fourth-order valence-corrected chi connectivity index (χ4v) is 5.01. The van der Waals surface area contributed by atoms with Gasteiger partial charge in [-0.25, -0.2) is 4.79 Å². The molecule has 0 unspecified atom stereocenters. The molecule has 2 aliphatic heterocycles. The molecule has 4 rings (SSSR count). The van der Waals surface area contributed by atoms with Crippen molar-refractivity contribution in [2.75, 3.05) is 46.6 Å². The van der Waals surface area contributed by atoms with Crippen LogP contribution in [0.4, 0.5) is 4.79 Å². The number of amides is 2. The molecule has 28 heavy (non-hydrogen) atoms. The van der Waals surface area contributed by atoms with Crippen LogP contribution < -0.4 is 10.1 Å². The van der Waals surface area contributed by atoms with Crippen LogP contribution in [0.15, 0.2) is 24.3 Å². The summed E-state index contributed by atoms with van der Waals surface area (Å²) in [5.41, 5.74) is 0.956. The molecule has 2 saturated heterocycles. The van der Waals surface area contributed by atoms with Gasteiger partial charge in [-0.1, -0.05) is 25.0 Å². The van der Waals surface area contributed by atoms with Crippen LogP contribution in [0.25, 0.3) is 0 Å². The zero-order valence-electron chi connectivity index (χ0n) is 16.9. The van der Waals surface area contributed by atoms with Gasteiger partial charge in [0.1, 0.15) is 11.4 Å². The number of hydrogen-bond acceptors (Lipinski definition) is 4. The van der Waals surface area contributed by atoms with Crippen molar-refractivity contribution in [2.24, 2.45) is 0 Å². The third-order valence-corrected chi connectivity index (χ3v) is 6.64. The number of urea groups is 1. The van der Waals surface area contributed by atoms with E-state index < -0.39 is 0 Å². The van der Waals surface area contributed by atoms with E-state index in [4.69, 9.17) is 14.2 Å². The van der Waals surface area contributed by atoms with Gasteiger partial charge < -0.3 is 24.4 Å². The van der Waals surface area contributed by atoms with Crippen molar-refractivity contribution in [3.8, 4) is 5.75 Å². The zero-order valence-corrected chi connectivity index (χ0v) is 16.9. The molecule has 0 aromatic heterocycles. The minimum Gasteiger partial charge on any atom is -0.497 e. The fourth-order valence-electron chi connectivity index (χ4n) is 5.01. The van der Waals surface area contributed by atoms with Gasteiger partial charge in [-0.3, -0.25) is 0 Å². The molecule has 6 nitrogen and oxygen atoms in total. The lowest BCUT2D eigenvalue weighted by Gasteiger charge is -2.44. The van der Waals surface area contributed by atoms with Crippen molar-refractivity contribution in [1.29, 1.82) is 0 Å². The molecular formula is C22H32N2O4. The number of carbonyl (C=O) groups excluding carboxylic acids is 1. The van der Waals surface area contributed by atoms with Crippen LogP contribution in [0.3, 0.4) is 0 Å². The van der Waals surface area contributed by atoms with E-state index in [-0.39, 0.29) is 17.0 Å². The fraction of sp³-hybridized carbons (Fsp3) is 0.682. The normalized spacial score (nSPS) is 27.0. The van der Waals surface area contributed by atoms with E-state index >= 15 is 0 Å². The van der Waals surface area contributed by atoms with Crippen molar-refractivity contribution in [3.63, 3.8) is 0 Å². The molecule has 1 atom stereocenters. The molecule has 6 heteroatoms. The van der Waals surface area contributed by atoms with Crippen LogP contribution in [0.1, 0.15) is 44.1 Å². The van der Waals surface area contributed by atoms with Crippen LogP contribution in [0, 0.1) is 0 Å². The standard InChI is InChI=1S/C22H32N2O4/c1-26-19-7-4-6-18(14-19)21(8-2-3-9-21)15-23-20(25)24-11-13-28-22(16-24)10-5-12-27-17-22/h4,6-7,14H,2-3,5,8-13,15-17H2,1H3,(H,23,25)/t22-/m0/s1. The first-order valence-corrected chi connectivity index (χ1v) is 10.5. The lowest BCUT2D eigenvalue weighted by atomic mass is 9.78. The number of rotatable bonds is 4. The lowest BCUT2D eigenvalue weighted by Crippen LogP contribution is -2.59. The molecule has 0 radical (unpaired) electrons. The third kappa shape index (κ3) is 3.98. The summed E-state index contributed by atoms with van der Waals surface area (Å²) < 4.78 is 17.1. The number of nitrogens with zero attached hydrogens (tertiary/aromatic N) is 1. The van der Waals surface area contributed by atoms with E-state index in [1.165, 1.54) is 18.4 Å². The summed E-state index contributed by atoms with van der Waals surface area (Å²) in [5.74, 6) is 0.877. The van der Waals surface area contributed by atoms with Gasteiger partial charge in [-0.05, 0) is 43.4 Å². The number of benzene rings is 1. The molecule has 1 aromatic carbocycles. The molecule has 2 heterocycles. The van der Waals surface area contributed by atoms with Crippen molar-refractivity contribution in [1.82, 2.24) is 10.2 Å². The molecule has 1 aliphatic carbocycles. The second-order valence-corrected chi connectivity index (χ2v) is 8.49. The third-order valence-electron chi connectivity index (χ3n) is 6.64. The number of morpholine rings is 1. The van der Waals surface area contributed by atoms with E-state index in [9.17, 15) is 4.79 Å². The summed E-state index contributed by atoms with van der Waals surface area (Å²) in [7, 11) is 1.70. The number of methoxy groups -OCH3 is 1. The molecule has 0 bridgehead atoms. The second-order valence-electron chi connectivity index (χ2n) is 8.49. The van der Waals surface area contributed by atoms with Gasteiger partial charge in [0, 0.05) is 25.1 Å². The van der Waals surface area contributed by atoms with Crippen LogP contribution in [-0.4, -0.2) is 63.1 Å². The van der Waals surface area contributed by atoms with Crippen LogP contribution in [-0.2, 0) is 14.9 Å². The SMILES string of the molecule is COc1cccc(C2(CNC(=O)N3CCO[C@@]4(CCCOC4)C3)CCCC2)c1. The van der Waals surface area contributed by atoms with Gasteiger partial charge in [0.15, 0.2) is 0 Å². The quantitative estimate of drug-likeness (QED) is 0.861. The van der Waals surface area contributed by atoms with Gasteiger partial charge >= 0.3 is 6.03 Å². The summed E-state index contributed by atoms with van der Waals surface area (Å²) in [5, 5.41) is 3.24. The van der Waals surface area contributed by atoms with Crippen molar-refractivity contribution in [3.05, 3.63) is 29.8 Å². The average Bonchev–Trinajstić information content (AvgIpc) is 3.23. The first-order valence-electron chi connectivity index (χ1n) is 10.5. The maximum atomic E-state index is 13.0. The average molecular weight is 389 g/mol. The highest BCUT2D eigenvalue weighted by atomic mass is 16.5. The maximum Gasteiger partial charge on any atom is 0.317 e. The Hall–Kier alpha value is -1.79. The second kappa shape index (κ2) is 8.29. The highest BCUT2D eigenvalue weighted by Gasteiger charge is 2.41. The summed E-state index contributed by atoms with van der Waals surface area (Å²) >= 11 is 0. The van der Waals surface area contributed by atoms with Gasteiger partial charge in [0.25, 0.3) is 0 Å². The van der Waals surface area contributed by atoms with E-state index in [1.807, 2.05) is 17.0 Å². The molecule has 154 valence electrons. The molecule has 1 aromatic rings. The lowest BCUT2D eigenvalue weighted by molar-refractivity contribution is -0.160. The van der Waals surface area contributed by atoms with Crippen LogP contribution in [0.2, 0.25) is 0 Å². The number of ether oxygens (including phenoxy) is 3. The molecule has 1 saturated carbocycles. The first-order chi connectivity index (χ1) is 13.6. The van der Waals surface area contributed by atoms with Crippen molar-refractivity contribution in [2.45, 2.75) is 49.5 Å². The minimum atomic E-state index is -0.314. The van der Waals surface area contributed by atoms with Crippen LogP contribution in [0.5, 0.6) is 5.75 Å². The van der Waals surface area contributed by atoms with Gasteiger partial charge in [0.05, 0.1) is 26.9 Å². The van der Waals surface area contributed by atoms with Gasteiger partial charge in [0.2, 0.25) is 0 Å². The Bertz CT molecular complexity index is 675. The molecule has 3 aliphatic rings. The summed E-state index contributed by atoms with van der Waals surface area (Å²) in [4.78, 5) is 14.9. The Labute approximate surface area is 167 Å². The topological polar surface area (TPSA) is 60.0 Å². The van der Waals surface area contributed by atoms with E-state index in [2.05, 4.69) is 17.4 Å². The highest BCUT2D eigenvalue weighted by molar-refractivity contribution is 5.74. The Morgan fingerprint density at radius 1 is 1.21 bits per heavy atom. The predicted octanol–water partition coefficient (Wildman–Crippen LogP) is 3.10. The smallest absolute Gasteiger partial charge is 0.317 e. The summed E-state index contributed by atoms with van der Waals surface area (Å²) in [6, 6.07) is 8.33. The molecule has 1 spiro atoms. The Morgan fingerprint density at radius 2 is 2.07 bits per heavy atom. The van der Waals surface area contributed by atoms with E-state index in [0.717, 1.165) is 38.0 Å². The Balaban J connectivity index is 1.42. The Morgan fingerprint density at radius 3 is 2.82 bits per heavy atom. The van der Waals surface area contributed by atoms with Crippen LogP contribution >= 0.6 is 0 Å². The van der Waals surface area contributed by atoms with Crippen molar-refractivity contribution < 1.29 is 19.0 Å². The van der Waals surface area contributed by atoms with Gasteiger partial charge in [-0.15, -0.1) is 0 Å². The maximum absolute atomic E-state index is 13.0.